The van der Waals surface area contributed by atoms with Crippen LogP contribution in [0.15, 0.2) is 42.5 Å². The second-order valence-corrected chi connectivity index (χ2v) is 5.08. The highest BCUT2D eigenvalue weighted by Crippen LogP contribution is 2.34. The molecule has 1 N–H and O–H groups in total. The second-order valence-electron chi connectivity index (χ2n) is 5.08. The van der Waals surface area contributed by atoms with E-state index in [4.69, 9.17) is 5.11 Å². The number of aryl methyl sites for hydroxylation is 1. The van der Waals surface area contributed by atoms with Crippen molar-refractivity contribution in [3.63, 3.8) is 0 Å². The molecule has 0 atom stereocenters. The average Bonchev–Trinajstić information content (AvgIpc) is 2.35. The van der Waals surface area contributed by atoms with Crippen LogP contribution < -0.4 is 0 Å². The first-order valence-electron chi connectivity index (χ1n) is 6.63. The summed E-state index contributed by atoms with van der Waals surface area (Å²) in [5.74, 6) is -0.557. The summed E-state index contributed by atoms with van der Waals surface area (Å²) in [6.07, 6.45) is 6.08. The van der Waals surface area contributed by atoms with Gasteiger partial charge in [-0.15, -0.1) is 0 Å². The van der Waals surface area contributed by atoms with Crippen molar-refractivity contribution in [2.75, 3.05) is 0 Å². The zero-order valence-electron chi connectivity index (χ0n) is 10.8. The van der Waals surface area contributed by atoms with Gasteiger partial charge in [-0.2, -0.15) is 0 Å². The van der Waals surface area contributed by atoms with Gasteiger partial charge in [0, 0.05) is 6.42 Å². The summed E-state index contributed by atoms with van der Waals surface area (Å²) in [6.45, 7) is 0. The number of hydrogen-bond donors (Lipinski definition) is 1. The molecular weight excluding hydrogens is 240 g/mol. The normalized spacial score (nSPS) is 22.1. The Morgan fingerprint density at radius 3 is 2.53 bits per heavy atom. The summed E-state index contributed by atoms with van der Waals surface area (Å²) in [7, 11) is 0. The third kappa shape index (κ3) is 4.05. The van der Waals surface area contributed by atoms with E-state index in [9.17, 15) is 9.59 Å². The fraction of sp³-hybridized carbons (Fsp3) is 0.375. The van der Waals surface area contributed by atoms with E-state index in [1.807, 2.05) is 36.4 Å². The molecule has 3 heteroatoms. The van der Waals surface area contributed by atoms with Crippen molar-refractivity contribution in [3.8, 4) is 0 Å². The quantitative estimate of drug-likeness (QED) is 0.798. The number of rotatable bonds is 6. The third-order valence-corrected chi connectivity index (χ3v) is 3.58. The van der Waals surface area contributed by atoms with E-state index in [0.29, 0.717) is 19.3 Å². The van der Waals surface area contributed by atoms with Crippen molar-refractivity contribution in [1.82, 2.24) is 0 Å². The average molecular weight is 258 g/mol. The highest BCUT2D eigenvalue weighted by molar-refractivity contribution is 5.89. The summed E-state index contributed by atoms with van der Waals surface area (Å²) in [6, 6.07) is 9.92. The van der Waals surface area contributed by atoms with Crippen LogP contribution in [0.3, 0.4) is 0 Å². The van der Waals surface area contributed by atoms with Gasteiger partial charge in [0.1, 0.15) is 0 Å². The van der Waals surface area contributed by atoms with Gasteiger partial charge in [-0.25, -0.2) is 0 Å². The van der Waals surface area contributed by atoms with Gasteiger partial charge < -0.3 is 5.11 Å². The Morgan fingerprint density at radius 2 is 1.89 bits per heavy atom. The Labute approximate surface area is 113 Å². The minimum Gasteiger partial charge on any atom is -0.481 e. The van der Waals surface area contributed by atoms with Gasteiger partial charge >= 0.3 is 5.97 Å². The van der Waals surface area contributed by atoms with Crippen molar-refractivity contribution in [3.05, 3.63) is 48.0 Å². The molecule has 0 radical (unpaired) electrons. The van der Waals surface area contributed by atoms with Crippen LogP contribution in [-0.4, -0.2) is 16.9 Å². The lowest BCUT2D eigenvalue weighted by molar-refractivity contribution is -0.145. The summed E-state index contributed by atoms with van der Waals surface area (Å²) in [5, 5.41) is 8.75. The van der Waals surface area contributed by atoms with Gasteiger partial charge in [-0.1, -0.05) is 36.4 Å². The summed E-state index contributed by atoms with van der Waals surface area (Å²) in [5.41, 5.74) is 1.17. The first-order chi connectivity index (χ1) is 9.15. The SMILES string of the molecule is O=C(C=CC1CC(C(=O)O)C1)CCc1ccccc1. The maximum absolute atomic E-state index is 11.7. The molecule has 3 nitrogen and oxygen atoms in total. The zero-order chi connectivity index (χ0) is 13.7. The molecule has 1 aromatic rings. The fourth-order valence-electron chi connectivity index (χ4n) is 2.26. The predicted molar refractivity (Wildman–Crippen MR) is 72.8 cm³/mol. The van der Waals surface area contributed by atoms with E-state index in [0.717, 1.165) is 6.42 Å². The van der Waals surface area contributed by atoms with Crippen molar-refractivity contribution in [2.24, 2.45) is 11.8 Å². The highest BCUT2D eigenvalue weighted by Gasteiger charge is 2.32. The van der Waals surface area contributed by atoms with Crippen LogP contribution in [0, 0.1) is 11.8 Å². The first-order valence-corrected chi connectivity index (χ1v) is 6.63. The molecule has 1 aliphatic carbocycles. The van der Waals surface area contributed by atoms with Crippen LogP contribution in [0.1, 0.15) is 24.8 Å². The maximum atomic E-state index is 11.7. The van der Waals surface area contributed by atoms with Gasteiger partial charge in [-0.05, 0) is 36.8 Å². The molecule has 0 heterocycles. The largest absolute Gasteiger partial charge is 0.481 e. The van der Waals surface area contributed by atoms with E-state index in [-0.39, 0.29) is 17.6 Å². The van der Waals surface area contributed by atoms with Gasteiger partial charge in [0.2, 0.25) is 0 Å². The molecule has 0 spiro atoms. The molecule has 1 aromatic carbocycles. The topological polar surface area (TPSA) is 54.4 Å². The summed E-state index contributed by atoms with van der Waals surface area (Å²) < 4.78 is 0. The van der Waals surface area contributed by atoms with Crippen LogP contribution in [-0.2, 0) is 16.0 Å². The smallest absolute Gasteiger partial charge is 0.306 e. The molecule has 0 aromatic heterocycles. The highest BCUT2D eigenvalue weighted by atomic mass is 16.4. The molecular formula is C16H18O3. The minimum atomic E-state index is -0.722. The lowest BCUT2D eigenvalue weighted by Crippen LogP contribution is -2.29. The number of carboxylic acids is 1. The summed E-state index contributed by atoms with van der Waals surface area (Å²) >= 11 is 0. The van der Waals surface area contributed by atoms with Gasteiger partial charge in [0.05, 0.1) is 5.92 Å². The van der Waals surface area contributed by atoms with E-state index < -0.39 is 5.97 Å². The number of hydrogen-bond acceptors (Lipinski definition) is 2. The van der Waals surface area contributed by atoms with Crippen molar-refractivity contribution >= 4 is 11.8 Å². The number of carbonyl (C=O) groups is 2. The van der Waals surface area contributed by atoms with E-state index in [1.54, 1.807) is 6.08 Å². The van der Waals surface area contributed by atoms with Gasteiger partial charge in [-0.3, -0.25) is 9.59 Å². The molecule has 100 valence electrons. The second kappa shape index (κ2) is 6.32. The van der Waals surface area contributed by atoms with E-state index in [2.05, 4.69) is 0 Å². The number of allylic oxidation sites excluding steroid dienone is 2. The van der Waals surface area contributed by atoms with Crippen LogP contribution in [0.2, 0.25) is 0 Å². The van der Waals surface area contributed by atoms with Crippen LogP contribution in [0.25, 0.3) is 0 Å². The first kappa shape index (κ1) is 13.5. The molecule has 0 amide bonds. The number of benzene rings is 1. The molecule has 0 aliphatic heterocycles. The Morgan fingerprint density at radius 1 is 1.21 bits per heavy atom. The minimum absolute atomic E-state index is 0.114. The van der Waals surface area contributed by atoms with E-state index in [1.165, 1.54) is 5.56 Å². The maximum Gasteiger partial charge on any atom is 0.306 e. The predicted octanol–water partition coefficient (Wildman–Crippen LogP) is 2.86. The van der Waals surface area contributed by atoms with Crippen LogP contribution in [0.4, 0.5) is 0 Å². The Bertz CT molecular complexity index is 470. The van der Waals surface area contributed by atoms with Gasteiger partial charge in [0.15, 0.2) is 5.78 Å². The standard InChI is InChI=1S/C16H18O3/c17-15(8-6-12-4-2-1-3-5-12)9-7-13-10-14(11-13)16(18)19/h1-5,7,9,13-14H,6,8,10-11H2,(H,18,19). The van der Waals surface area contributed by atoms with Crippen LogP contribution >= 0.6 is 0 Å². The summed E-state index contributed by atoms with van der Waals surface area (Å²) in [4.78, 5) is 22.3. The lowest BCUT2D eigenvalue weighted by atomic mass is 9.75. The van der Waals surface area contributed by atoms with E-state index >= 15 is 0 Å². The molecule has 19 heavy (non-hydrogen) atoms. The monoisotopic (exact) mass is 258 g/mol. The third-order valence-electron chi connectivity index (χ3n) is 3.58. The molecule has 1 aliphatic rings. The number of ketones is 1. The number of carbonyl (C=O) groups excluding carboxylic acids is 1. The van der Waals surface area contributed by atoms with Crippen molar-refractivity contribution < 1.29 is 14.7 Å². The Kier molecular flexibility index (Phi) is 4.50. The molecule has 0 unspecified atom stereocenters. The fourth-order valence-corrected chi connectivity index (χ4v) is 2.26. The van der Waals surface area contributed by atoms with Crippen LogP contribution in [0.5, 0.6) is 0 Å². The van der Waals surface area contributed by atoms with Crippen molar-refractivity contribution in [2.45, 2.75) is 25.7 Å². The van der Waals surface area contributed by atoms with Crippen molar-refractivity contribution in [1.29, 1.82) is 0 Å². The molecule has 1 saturated carbocycles. The number of aliphatic carboxylic acids is 1. The van der Waals surface area contributed by atoms with Gasteiger partial charge in [0.25, 0.3) is 0 Å². The Balaban J connectivity index is 1.69. The number of carboxylic acid groups (broad SMARTS) is 1. The lowest BCUT2D eigenvalue weighted by Gasteiger charge is -2.29. The molecule has 0 bridgehead atoms. The molecule has 1 fully saturated rings. The molecule has 2 rings (SSSR count). The zero-order valence-corrected chi connectivity index (χ0v) is 10.8. The Hall–Kier alpha value is -1.90. The molecule has 0 saturated heterocycles.